The highest BCUT2D eigenvalue weighted by molar-refractivity contribution is 6.12. The minimum Gasteiger partial charge on any atom is -0.493 e. The Morgan fingerprint density at radius 3 is 2.67 bits per heavy atom. The molecule has 1 heterocycles. The topological polar surface area (TPSA) is 35.5 Å². The van der Waals surface area contributed by atoms with E-state index in [9.17, 15) is 9.18 Å². The van der Waals surface area contributed by atoms with E-state index >= 15 is 0 Å². The van der Waals surface area contributed by atoms with Crippen LogP contribution in [0.2, 0.25) is 0 Å². The summed E-state index contributed by atoms with van der Waals surface area (Å²) in [4.78, 5) is 12.4. The number of benzene rings is 2. The van der Waals surface area contributed by atoms with Crippen molar-refractivity contribution in [3.63, 3.8) is 0 Å². The lowest BCUT2D eigenvalue weighted by Crippen LogP contribution is -2.15. The second kappa shape index (κ2) is 5.40. The van der Waals surface area contributed by atoms with Gasteiger partial charge < -0.3 is 9.47 Å². The predicted molar refractivity (Wildman–Crippen MR) is 77.2 cm³/mol. The van der Waals surface area contributed by atoms with Crippen molar-refractivity contribution in [2.24, 2.45) is 0 Å². The molecule has 4 heteroatoms. The molecule has 106 valence electrons. The van der Waals surface area contributed by atoms with Gasteiger partial charge in [0.1, 0.15) is 12.4 Å². The van der Waals surface area contributed by atoms with Crippen LogP contribution in [-0.2, 0) is 0 Å². The number of carbonyl (C=O) groups is 1. The van der Waals surface area contributed by atoms with Crippen LogP contribution >= 0.6 is 0 Å². The normalized spacial score (nSPS) is 13.0. The minimum absolute atomic E-state index is 0.163. The fourth-order valence-electron chi connectivity index (χ4n) is 2.26. The van der Waals surface area contributed by atoms with Crippen molar-refractivity contribution >= 4 is 11.9 Å². The van der Waals surface area contributed by atoms with Crippen LogP contribution in [0.5, 0.6) is 11.5 Å². The van der Waals surface area contributed by atoms with Crippen molar-refractivity contribution < 1.29 is 18.7 Å². The van der Waals surface area contributed by atoms with Crippen LogP contribution in [0.15, 0.2) is 48.0 Å². The Labute approximate surface area is 121 Å². The molecule has 3 rings (SSSR count). The summed E-state index contributed by atoms with van der Waals surface area (Å²) in [5.41, 5.74) is 1.77. The first-order valence-corrected chi connectivity index (χ1v) is 6.49. The minimum atomic E-state index is -0.365. The maximum atomic E-state index is 12.9. The molecule has 2 aromatic carbocycles. The van der Waals surface area contributed by atoms with Crippen molar-refractivity contribution in [3.8, 4) is 11.5 Å². The molecular formula is C17H13FO3. The molecule has 0 aromatic heterocycles. The van der Waals surface area contributed by atoms with Crippen LogP contribution in [0.4, 0.5) is 4.39 Å². The smallest absolute Gasteiger partial charge is 0.192 e. The number of fused-ring (bicyclic) bond motifs is 1. The number of para-hydroxylation sites is 1. The van der Waals surface area contributed by atoms with Gasteiger partial charge in [0.25, 0.3) is 0 Å². The zero-order valence-electron chi connectivity index (χ0n) is 11.4. The molecule has 0 amide bonds. The molecule has 0 aliphatic carbocycles. The Balaban J connectivity index is 1.95. The van der Waals surface area contributed by atoms with Crippen molar-refractivity contribution in [2.75, 3.05) is 13.7 Å². The van der Waals surface area contributed by atoms with E-state index in [0.29, 0.717) is 22.6 Å². The van der Waals surface area contributed by atoms with Crippen LogP contribution in [0.25, 0.3) is 6.08 Å². The number of hydrogen-bond acceptors (Lipinski definition) is 3. The molecule has 0 unspecified atom stereocenters. The van der Waals surface area contributed by atoms with E-state index in [1.807, 2.05) is 12.1 Å². The molecule has 0 spiro atoms. The van der Waals surface area contributed by atoms with Gasteiger partial charge in [0.05, 0.1) is 7.11 Å². The largest absolute Gasteiger partial charge is 0.493 e. The van der Waals surface area contributed by atoms with E-state index in [1.165, 1.54) is 24.3 Å². The lowest BCUT2D eigenvalue weighted by molar-refractivity contribution is 0.102. The second-order valence-electron chi connectivity index (χ2n) is 4.67. The highest BCUT2D eigenvalue weighted by Crippen LogP contribution is 2.35. The molecule has 0 N–H and O–H groups in total. The van der Waals surface area contributed by atoms with Crippen LogP contribution < -0.4 is 9.47 Å². The van der Waals surface area contributed by atoms with Crippen LogP contribution in [-0.4, -0.2) is 19.5 Å². The van der Waals surface area contributed by atoms with Gasteiger partial charge in [-0.25, -0.2) is 4.39 Å². The SMILES string of the molecule is COc1cccc2c1OCC(C(=O)c1ccc(F)cc1)=C2. The number of methoxy groups -OCH3 is 1. The number of rotatable bonds is 3. The van der Waals surface area contributed by atoms with E-state index < -0.39 is 0 Å². The predicted octanol–water partition coefficient (Wildman–Crippen LogP) is 3.49. The highest BCUT2D eigenvalue weighted by atomic mass is 19.1. The van der Waals surface area contributed by atoms with Crippen molar-refractivity contribution in [1.29, 1.82) is 0 Å². The number of ketones is 1. The van der Waals surface area contributed by atoms with Crippen LogP contribution in [0, 0.1) is 5.82 Å². The summed E-state index contributed by atoms with van der Waals surface area (Å²) >= 11 is 0. The maximum absolute atomic E-state index is 12.9. The molecule has 1 aliphatic rings. The molecule has 0 bridgehead atoms. The molecule has 0 radical (unpaired) electrons. The molecule has 2 aromatic rings. The third-order valence-electron chi connectivity index (χ3n) is 3.33. The fourth-order valence-corrected chi connectivity index (χ4v) is 2.26. The van der Waals surface area contributed by atoms with Gasteiger partial charge >= 0.3 is 0 Å². The van der Waals surface area contributed by atoms with Gasteiger partial charge in [0.2, 0.25) is 0 Å². The molecular weight excluding hydrogens is 271 g/mol. The quantitative estimate of drug-likeness (QED) is 0.809. The molecule has 0 atom stereocenters. The van der Waals surface area contributed by atoms with E-state index in [2.05, 4.69) is 0 Å². The van der Waals surface area contributed by atoms with E-state index in [0.717, 1.165) is 5.56 Å². The van der Waals surface area contributed by atoms with Gasteiger partial charge in [-0.3, -0.25) is 4.79 Å². The van der Waals surface area contributed by atoms with Crippen LogP contribution in [0.3, 0.4) is 0 Å². The van der Waals surface area contributed by atoms with Gasteiger partial charge in [0, 0.05) is 16.7 Å². The molecule has 3 nitrogen and oxygen atoms in total. The summed E-state index contributed by atoms with van der Waals surface area (Å²) < 4.78 is 23.8. The number of carbonyl (C=O) groups excluding carboxylic acids is 1. The third-order valence-corrected chi connectivity index (χ3v) is 3.33. The first kappa shape index (κ1) is 13.4. The standard InChI is InChI=1S/C17H13FO3/c1-20-15-4-2-3-12-9-13(10-21-17(12)15)16(19)11-5-7-14(18)8-6-11/h2-9H,10H2,1H3. The summed E-state index contributed by atoms with van der Waals surface area (Å²) in [7, 11) is 1.57. The van der Waals surface area contributed by atoms with Gasteiger partial charge in [-0.15, -0.1) is 0 Å². The molecule has 0 fully saturated rings. The average molecular weight is 284 g/mol. The number of Topliss-reactive ketones (excluding diaryl/α,β-unsaturated/α-hetero) is 1. The molecule has 0 saturated heterocycles. The van der Waals surface area contributed by atoms with Gasteiger partial charge in [-0.05, 0) is 36.4 Å². The third kappa shape index (κ3) is 2.52. The summed E-state index contributed by atoms with van der Waals surface area (Å²) in [6, 6.07) is 11.0. The Hall–Kier alpha value is -2.62. The van der Waals surface area contributed by atoms with Gasteiger partial charge in [-0.1, -0.05) is 12.1 Å². The number of hydrogen-bond donors (Lipinski definition) is 0. The lowest BCUT2D eigenvalue weighted by atomic mass is 9.99. The Morgan fingerprint density at radius 2 is 1.95 bits per heavy atom. The van der Waals surface area contributed by atoms with E-state index in [1.54, 1.807) is 19.3 Å². The maximum Gasteiger partial charge on any atom is 0.192 e. The summed E-state index contributed by atoms with van der Waals surface area (Å²) in [6.45, 7) is 0.170. The van der Waals surface area contributed by atoms with Gasteiger partial charge in [0.15, 0.2) is 17.3 Å². The summed E-state index contributed by atoms with van der Waals surface area (Å²) in [5.74, 6) is 0.742. The number of halogens is 1. The van der Waals surface area contributed by atoms with Crippen molar-refractivity contribution in [2.45, 2.75) is 0 Å². The first-order chi connectivity index (χ1) is 10.2. The highest BCUT2D eigenvalue weighted by Gasteiger charge is 2.20. The lowest BCUT2D eigenvalue weighted by Gasteiger charge is -2.19. The van der Waals surface area contributed by atoms with Crippen molar-refractivity contribution in [3.05, 3.63) is 65.0 Å². The monoisotopic (exact) mass is 284 g/mol. The Morgan fingerprint density at radius 1 is 1.19 bits per heavy atom. The average Bonchev–Trinajstić information content (AvgIpc) is 2.53. The number of ether oxygens (including phenoxy) is 2. The van der Waals surface area contributed by atoms with Crippen molar-refractivity contribution in [1.82, 2.24) is 0 Å². The molecule has 1 aliphatic heterocycles. The van der Waals surface area contributed by atoms with E-state index in [4.69, 9.17) is 9.47 Å². The molecule has 0 saturated carbocycles. The fraction of sp³-hybridized carbons (Fsp3) is 0.118. The summed E-state index contributed by atoms with van der Waals surface area (Å²) in [6.07, 6.45) is 1.78. The van der Waals surface area contributed by atoms with E-state index in [-0.39, 0.29) is 18.2 Å². The summed E-state index contributed by atoms with van der Waals surface area (Å²) in [5, 5.41) is 0. The Kier molecular flexibility index (Phi) is 3.44. The first-order valence-electron chi connectivity index (χ1n) is 6.49. The zero-order chi connectivity index (χ0) is 14.8. The van der Waals surface area contributed by atoms with Gasteiger partial charge in [-0.2, -0.15) is 0 Å². The van der Waals surface area contributed by atoms with Crippen LogP contribution in [0.1, 0.15) is 15.9 Å². The Bertz CT molecular complexity index is 717. The zero-order valence-corrected chi connectivity index (χ0v) is 11.4. The second-order valence-corrected chi connectivity index (χ2v) is 4.67. The molecule has 21 heavy (non-hydrogen) atoms.